The Kier molecular flexibility index (Phi) is 6.83. The predicted octanol–water partition coefficient (Wildman–Crippen LogP) is 3.04. The molecular weight excluding hydrogens is 362 g/mol. The summed E-state index contributed by atoms with van der Waals surface area (Å²) >= 11 is 10.0. The highest BCUT2D eigenvalue weighted by atomic mass is 79.9. The number of sulfonamides is 1. The third kappa shape index (κ3) is 4.99. The Morgan fingerprint density at radius 1 is 1.56 bits per heavy atom. The largest absolute Gasteiger partial charge is 0.380 e. The number of hydrogen-bond acceptors (Lipinski definition) is 4. The molecule has 0 aliphatic carbocycles. The summed E-state index contributed by atoms with van der Waals surface area (Å²) < 4.78 is 32.1. The van der Waals surface area contributed by atoms with Gasteiger partial charge in [-0.15, -0.1) is 17.9 Å². The number of thiophene rings is 1. The summed E-state index contributed by atoms with van der Waals surface area (Å²) in [6.45, 7) is 4.66. The first-order valence-electron chi connectivity index (χ1n) is 5.10. The molecule has 18 heavy (non-hydrogen) atoms. The Balaban J connectivity index is 2.43. The number of nitrogens with one attached hydrogen (secondary N) is 1. The van der Waals surface area contributed by atoms with Crippen LogP contribution in [0.2, 0.25) is 5.02 Å². The second-order valence-electron chi connectivity index (χ2n) is 3.27. The second kappa shape index (κ2) is 7.62. The van der Waals surface area contributed by atoms with Crippen molar-refractivity contribution in [3.63, 3.8) is 0 Å². The molecule has 0 unspecified atom stereocenters. The van der Waals surface area contributed by atoms with Crippen molar-refractivity contribution in [3.8, 4) is 0 Å². The van der Waals surface area contributed by atoms with Crippen LogP contribution in [-0.2, 0) is 14.8 Å². The summed E-state index contributed by atoms with van der Waals surface area (Å²) in [5.41, 5.74) is 0. The monoisotopic (exact) mass is 373 g/mol. The Labute approximate surface area is 124 Å². The summed E-state index contributed by atoms with van der Waals surface area (Å²) in [6, 6.07) is 1.41. The van der Waals surface area contributed by atoms with E-state index >= 15 is 0 Å². The molecule has 0 radical (unpaired) electrons. The van der Waals surface area contributed by atoms with Crippen molar-refractivity contribution < 1.29 is 13.2 Å². The van der Waals surface area contributed by atoms with Gasteiger partial charge in [0, 0.05) is 6.54 Å². The molecule has 0 fully saturated rings. The second-order valence-corrected chi connectivity index (χ2v) is 8.05. The zero-order valence-electron chi connectivity index (χ0n) is 9.49. The maximum absolute atomic E-state index is 11.8. The van der Waals surface area contributed by atoms with Crippen LogP contribution in [0.15, 0.2) is 26.7 Å². The van der Waals surface area contributed by atoms with Gasteiger partial charge in [-0.1, -0.05) is 17.7 Å². The first-order chi connectivity index (χ1) is 8.47. The molecule has 0 atom stereocenters. The van der Waals surface area contributed by atoms with Crippen LogP contribution in [0.1, 0.15) is 6.42 Å². The van der Waals surface area contributed by atoms with E-state index in [-0.39, 0.29) is 10.8 Å². The molecule has 102 valence electrons. The molecule has 0 saturated heterocycles. The van der Waals surface area contributed by atoms with Crippen molar-refractivity contribution in [1.82, 2.24) is 4.72 Å². The molecule has 0 saturated carbocycles. The topological polar surface area (TPSA) is 55.4 Å². The first-order valence-corrected chi connectivity index (χ1v) is 8.57. The maximum Gasteiger partial charge on any atom is 0.250 e. The van der Waals surface area contributed by atoms with Gasteiger partial charge in [-0.3, -0.25) is 0 Å². The lowest BCUT2D eigenvalue weighted by Gasteiger charge is -2.05. The van der Waals surface area contributed by atoms with E-state index in [9.17, 15) is 8.42 Å². The van der Waals surface area contributed by atoms with E-state index in [2.05, 4.69) is 27.2 Å². The lowest BCUT2D eigenvalue weighted by Crippen LogP contribution is -2.26. The fourth-order valence-corrected chi connectivity index (χ4v) is 4.50. The van der Waals surface area contributed by atoms with E-state index < -0.39 is 10.0 Å². The molecule has 1 N–H and O–H groups in total. The summed E-state index contributed by atoms with van der Waals surface area (Å²) in [5.74, 6) is 0. The average Bonchev–Trinajstić information content (AvgIpc) is 2.65. The first kappa shape index (κ1) is 16.1. The maximum atomic E-state index is 11.8. The Morgan fingerprint density at radius 3 is 2.83 bits per heavy atom. The minimum absolute atomic E-state index is 0.186. The number of rotatable bonds is 8. The van der Waals surface area contributed by atoms with Crippen LogP contribution in [0.25, 0.3) is 0 Å². The summed E-state index contributed by atoms with van der Waals surface area (Å²) in [5, 5.41) is 0.391. The summed E-state index contributed by atoms with van der Waals surface area (Å²) in [4.78, 5) is 0. The van der Waals surface area contributed by atoms with Gasteiger partial charge in [-0.05, 0) is 28.4 Å². The van der Waals surface area contributed by atoms with Gasteiger partial charge in [0.15, 0.2) is 0 Å². The number of hydrogen-bond donors (Lipinski definition) is 1. The Morgan fingerprint density at radius 2 is 2.28 bits per heavy atom. The van der Waals surface area contributed by atoms with Crippen LogP contribution < -0.4 is 4.72 Å². The molecule has 8 heteroatoms. The zero-order valence-corrected chi connectivity index (χ0v) is 13.5. The van der Waals surface area contributed by atoms with Gasteiger partial charge < -0.3 is 4.74 Å². The van der Waals surface area contributed by atoms with E-state index in [1.165, 1.54) is 6.07 Å². The van der Waals surface area contributed by atoms with Gasteiger partial charge in [0.1, 0.15) is 4.21 Å². The normalized spacial score (nSPS) is 11.7. The fourth-order valence-electron chi connectivity index (χ4n) is 1.05. The third-order valence-corrected chi connectivity index (χ3v) is 6.30. The van der Waals surface area contributed by atoms with Gasteiger partial charge in [0.05, 0.1) is 22.0 Å². The molecule has 0 aliphatic rings. The van der Waals surface area contributed by atoms with Crippen LogP contribution in [0, 0.1) is 0 Å². The van der Waals surface area contributed by atoms with Crippen molar-refractivity contribution in [2.45, 2.75) is 10.6 Å². The van der Waals surface area contributed by atoms with Crippen LogP contribution >= 0.6 is 38.9 Å². The predicted molar refractivity (Wildman–Crippen MR) is 77.9 cm³/mol. The van der Waals surface area contributed by atoms with E-state index in [0.29, 0.717) is 22.0 Å². The zero-order chi connectivity index (χ0) is 13.6. The quantitative estimate of drug-likeness (QED) is 0.562. The van der Waals surface area contributed by atoms with Gasteiger partial charge in [-0.2, -0.15) is 0 Å². The average molecular weight is 375 g/mol. The third-order valence-electron chi connectivity index (χ3n) is 1.89. The van der Waals surface area contributed by atoms with Crippen LogP contribution in [0.4, 0.5) is 0 Å². The highest BCUT2D eigenvalue weighted by Crippen LogP contribution is 2.34. The lowest BCUT2D eigenvalue weighted by molar-refractivity contribution is 0.144. The van der Waals surface area contributed by atoms with Gasteiger partial charge in [0.25, 0.3) is 0 Å². The Hall–Kier alpha value is 0.0800. The number of halogens is 2. The Bertz CT molecular complexity index is 482. The van der Waals surface area contributed by atoms with Crippen molar-refractivity contribution >= 4 is 48.9 Å². The molecular formula is C10H13BrClNO3S2. The molecule has 4 nitrogen and oxygen atoms in total. The molecule has 1 heterocycles. The molecule has 1 rings (SSSR count). The van der Waals surface area contributed by atoms with Crippen LogP contribution in [0.5, 0.6) is 0 Å². The molecule has 0 spiro atoms. The van der Waals surface area contributed by atoms with Crippen LogP contribution in [0.3, 0.4) is 0 Å². The highest BCUT2D eigenvalue weighted by molar-refractivity contribution is 9.11. The van der Waals surface area contributed by atoms with Gasteiger partial charge in [0.2, 0.25) is 10.0 Å². The smallest absolute Gasteiger partial charge is 0.250 e. The molecule has 0 amide bonds. The fraction of sp³-hybridized carbons (Fsp3) is 0.400. The van der Waals surface area contributed by atoms with Gasteiger partial charge in [-0.25, -0.2) is 13.1 Å². The van der Waals surface area contributed by atoms with Crippen molar-refractivity contribution in [2.24, 2.45) is 0 Å². The minimum atomic E-state index is -3.50. The molecule has 0 aromatic carbocycles. The SMILES string of the molecule is C=CCCOCCNS(=O)(=O)c1cc(Cl)c(Br)s1. The number of ether oxygens (including phenoxy) is 1. The highest BCUT2D eigenvalue weighted by Gasteiger charge is 2.18. The molecule has 1 aromatic heterocycles. The van der Waals surface area contributed by atoms with E-state index in [0.717, 1.165) is 17.8 Å². The minimum Gasteiger partial charge on any atom is -0.380 e. The van der Waals surface area contributed by atoms with E-state index in [4.69, 9.17) is 16.3 Å². The summed E-state index contributed by atoms with van der Waals surface area (Å²) in [6.07, 6.45) is 2.50. The standard InChI is InChI=1S/C10H13BrClNO3S2/c1-2-3-5-16-6-4-13-18(14,15)9-7-8(12)10(11)17-9/h2,7,13H,1,3-6H2. The molecule has 0 aliphatic heterocycles. The van der Waals surface area contributed by atoms with Crippen molar-refractivity contribution in [3.05, 3.63) is 27.5 Å². The molecule has 1 aromatic rings. The van der Waals surface area contributed by atoms with Crippen molar-refractivity contribution in [1.29, 1.82) is 0 Å². The van der Waals surface area contributed by atoms with E-state index in [1.807, 2.05) is 0 Å². The van der Waals surface area contributed by atoms with Crippen LogP contribution in [-0.4, -0.2) is 28.2 Å². The summed E-state index contributed by atoms with van der Waals surface area (Å²) in [7, 11) is -3.50. The lowest BCUT2D eigenvalue weighted by atomic mass is 10.5. The van der Waals surface area contributed by atoms with Gasteiger partial charge >= 0.3 is 0 Å². The molecule has 0 bridgehead atoms. The van der Waals surface area contributed by atoms with Crippen molar-refractivity contribution in [2.75, 3.05) is 19.8 Å². The van der Waals surface area contributed by atoms with E-state index in [1.54, 1.807) is 6.08 Å².